The van der Waals surface area contributed by atoms with E-state index in [2.05, 4.69) is 0 Å². The van der Waals surface area contributed by atoms with Gasteiger partial charge in [0.25, 0.3) is 11.7 Å². The molecule has 4 atom stereocenters. The number of hydrogen-bond donors (Lipinski definition) is 0. The SMILES string of the molecule is O=[P+](CCC[P+](=O)C1CO1)C1CO1. The Kier molecular flexibility index (Phi) is 3.05. The smallest absolute Gasteiger partial charge is 0.326 e. The van der Waals surface area contributed by atoms with E-state index in [1.807, 2.05) is 0 Å². The summed E-state index contributed by atoms with van der Waals surface area (Å²) in [4.78, 5) is 0. The molecule has 2 aliphatic heterocycles. The summed E-state index contributed by atoms with van der Waals surface area (Å²) in [5.74, 6) is 0.00936. The molecule has 2 aliphatic rings. The van der Waals surface area contributed by atoms with Crippen molar-refractivity contribution in [3.63, 3.8) is 0 Å². The number of ether oxygens (including phenoxy) is 2. The molecule has 6 heteroatoms. The highest BCUT2D eigenvalue weighted by atomic mass is 31.1. The second-order valence-electron chi connectivity index (χ2n) is 3.21. The van der Waals surface area contributed by atoms with Crippen LogP contribution in [0.5, 0.6) is 0 Å². The molecule has 2 heterocycles. The van der Waals surface area contributed by atoms with Crippen molar-refractivity contribution in [1.82, 2.24) is 0 Å². The van der Waals surface area contributed by atoms with Gasteiger partial charge in [-0.1, -0.05) is 9.13 Å². The van der Waals surface area contributed by atoms with E-state index in [9.17, 15) is 9.13 Å². The maximum atomic E-state index is 11.3. The van der Waals surface area contributed by atoms with Gasteiger partial charge < -0.3 is 9.47 Å². The van der Waals surface area contributed by atoms with Crippen LogP contribution >= 0.6 is 15.6 Å². The second-order valence-corrected chi connectivity index (χ2v) is 6.93. The van der Waals surface area contributed by atoms with Crippen molar-refractivity contribution in [2.45, 2.75) is 18.1 Å². The predicted octanol–water partition coefficient (Wildman–Crippen LogP) is 1.74. The lowest BCUT2D eigenvalue weighted by Gasteiger charge is -1.81. The molecule has 2 fully saturated rings. The van der Waals surface area contributed by atoms with Gasteiger partial charge in [0.2, 0.25) is 0 Å². The van der Waals surface area contributed by atoms with Crippen molar-refractivity contribution >= 4 is 15.6 Å². The Morgan fingerprint density at radius 2 is 1.38 bits per heavy atom. The van der Waals surface area contributed by atoms with Crippen LogP contribution in [0, 0.1) is 0 Å². The molecule has 2 rings (SSSR count). The van der Waals surface area contributed by atoms with Gasteiger partial charge in [-0.3, -0.25) is 0 Å². The maximum Gasteiger partial charge on any atom is 0.372 e. The van der Waals surface area contributed by atoms with E-state index in [1.54, 1.807) is 0 Å². The highest BCUT2D eigenvalue weighted by molar-refractivity contribution is 7.46. The molecule has 4 unspecified atom stereocenters. The van der Waals surface area contributed by atoms with Crippen LogP contribution < -0.4 is 0 Å². The molecule has 0 aromatic rings. The van der Waals surface area contributed by atoms with Gasteiger partial charge >= 0.3 is 15.6 Å². The van der Waals surface area contributed by atoms with Crippen LogP contribution in [0.1, 0.15) is 6.42 Å². The normalized spacial score (nSPS) is 32.6. The van der Waals surface area contributed by atoms with Crippen LogP contribution in [0.2, 0.25) is 0 Å². The molecule has 0 N–H and O–H groups in total. The van der Waals surface area contributed by atoms with E-state index in [-0.39, 0.29) is 11.7 Å². The molecule has 0 amide bonds. The van der Waals surface area contributed by atoms with Gasteiger partial charge in [-0.15, -0.1) is 0 Å². The van der Waals surface area contributed by atoms with Crippen molar-refractivity contribution in [3.05, 3.63) is 0 Å². The molecule has 0 spiro atoms. The molecular formula is C7H12O4P2+2. The Morgan fingerprint density at radius 1 is 1.00 bits per heavy atom. The van der Waals surface area contributed by atoms with Gasteiger partial charge in [-0.25, -0.2) is 0 Å². The Balaban J connectivity index is 1.56. The average molecular weight is 222 g/mol. The first kappa shape index (κ1) is 9.67. The minimum Gasteiger partial charge on any atom is -0.326 e. The molecule has 72 valence electrons. The van der Waals surface area contributed by atoms with Crippen LogP contribution in [-0.2, 0) is 18.6 Å². The summed E-state index contributed by atoms with van der Waals surface area (Å²) >= 11 is 0. The van der Waals surface area contributed by atoms with E-state index >= 15 is 0 Å². The van der Waals surface area contributed by atoms with Gasteiger partial charge in [0.15, 0.2) is 12.3 Å². The minimum atomic E-state index is -1.20. The third-order valence-corrected chi connectivity index (χ3v) is 5.43. The second kappa shape index (κ2) is 4.10. The van der Waals surface area contributed by atoms with E-state index in [0.29, 0.717) is 25.5 Å². The Bertz CT molecular complexity index is 211. The first-order chi connectivity index (χ1) is 6.27. The lowest BCUT2D eigenvalue weighted by molar-refractivity contribution is 0.448. The third-order valence-electron chi connectivity index (χ3n) is 2.03. The highest BCUT2D eigenvalue weighted by Gasteiger charge is 2.45. The van der Waals surface area contributed by atoms with Gasteiger partial charge in [0, 0.05) is 6.42 Å². The zero-order chi connectivity index (χ0) is 9.26. The predicted molar refractivity (Wildman–Crippen MR) is 49.0 cm³/mol. The molecule has 4 nitrogen and oxygen atoms in total. The van der Waals surface area contributed by atoms with E-state index in [1.165, 1.54) is 0 Å². The largest absolute Gasteiger partial charge is 0.372 e. The van der Waals surface area contributed by atoms with Crippen molar-refractivity contribution in [1.29, 1.82) is 0 Å². The van der Waals surface area contributed by atoms with Crippen molar-refractivity contribution in [2.75, 3.05) is 25.5 Å². The molecule has 0 aromatic heterocycles. The highest BCUT2D eigenvalue weighted by Crippen LogP contribution is 2.41. The topological polar surface area (TPSA) is 59.2 Å². The maximum absolute atomic E-state index is 11.3. The summed E-state index contributed by atoms with van der Waals surface area (Å²) in [7, 11) is -2.40. The molecule has 0 saturated carbocycles. The minimum absolute atomic E-state index is 0.00468. The van der Waals surface area contributed by atoms with Crippen LogP contribution in [0.15, 0.2) is 0 Å². The van der Waals surface area contributed by atoms with Crippen LogP contribution in [0.3, 0.4) is 0 Å². The quantitative estimate of drug-likeness (QED) is 0.507. The van der Waals surface area contributed by atoms with Gasteiger partial charge in [-0.2, -0.15) is 0 Å². The molecule has 0 radical (unpaired) electrons. The van der Waals surface area contributed by atoms with Gasteiger partial charge in [-0.05, 0) is 0 Å². The lowest BCUT2D eigenvalue weighted by atomic mass is 10.6. The zero-order valence-corrected chi connectivity index (χ0v) is 9.01. The van der Waals surface area contributed by atoms with Crippen molar-refractivity contribution in [3.8, 4) is 0 Å². The number of rotatable bonds is 6. The van der Waals surface area contributed by atoms with Crippen LogP contribution in [-0.4, -0.2) is 37.2 Å². The first-order valence-corrected chi connectivity index (χ1v) is 7.41. The average Bonchev–Trinajstić information content (AvgIpc) is 2.95. The monoisotopic (exact) mass is 222 g/mol. The fraction of sp³-hybridized carbons (Fsp3) is 1.00. The summed E-state index contributed by atoms with van der Waals surface area (Å²) < 4.78 is 32.4. The fourth-order valence-corrected chi connectivity index (χ4v) is 3.69. The zero-order valence-electron chi connectivity index (χ0n) is 7.22. The molecule has 2 saturated heterocycles. The Hall–Kier alpha value is 0.120. The Morgan fingerprint density at radius 3 is 1.69 bits per heavy atom. The summed E-state index contributed by atoms with van der Waals surface area (Å²) in [6.45, 7) is 1.29. The van der Waals surface area contributed by atoms with E-state index in [4.69, 9.17) is 9.47 Å². The molecular weight excluding hydrogens is 210 g/mol. The third kappa shape index (κ3) is 3.07. The molecule has 0 aliphatic carbocycles. The van der Waals surface area contributed by atoms with Gasteiger partial charge in [0.1, 0.15) is 13.2 Å². The first-order valence-electron chi connectivity index (χ1n) is 4.38. The Labute approximate surface area is 78.6 Å². The van der Waals surface area contributed by atoms with E-state index in [0.717, 1.165) is 6.42 Å². The summed E-state index contributed by atoms with van der Waals surface area (Å²) in [5, 5.41) is 0. The van der Waals surface area contributed by atoms with Crippen LogP contribution in [0.25, 0.3) is 0 Å². The lowest BCUT2D eigenvalue weighted by Crippen LogP contribution is -1.89. The molecule has 0 aromatic carbocycles. The van der Waals surface area contributed by atoms with Crippen molar-refractivity contribution in [2.24, 2.45) is 0 Å². The number of epoxide rings is 2. The summed E-state index contributed by atoms with van der Waals surface area (Å²) in [5.41, 5.74) is 0. The standard InChI is InChI=1S/C7H12O4P2/c8-12(6-4-10-6)2-1-3-13(9)7-5-11-7/h6-7H,1-5H2/q+2. The fourth-order valence-electron chi connectivity index (χ4n) is 1.09. The molecule has 13 heavy (non-hydrogen) atoms. The number of hydrogen-bond acceptors (Lipinski definition) is 4. The van der Waals surface area contributed by atoms with Gasteiger partial charge in [0.05, 0.1) is 0 Å². The van der Waals surface area contributed by atoms with Crippen LogP contribution in [0.4, 0.5) is 0 Å². The molecule has 0 bridgehead atoms. The van der Waals surface area contributed by atoms with E-state index < -0.39 is 15.6 Å². The van der Waals surface area contributed by atoms with Crippen molar-refractivity contribution < 1.29 is 18.6 Å². The summed E-state index contributed by atoms with van der Waals surface area (Å²) in [6.07, 6.45) is 2.06. The summed E-state index contributed by atoms with van der Waals surface area (Å²) in [6, 6.07) is 0.